The average Bonchev–Trinajstić information content (AvgIpc) is 2.47. The Morgan fingerprint density at radius 2 is 2.15 bits per heavy atom. The van der Waals surface area contributed by atoms with E-state index in [1.54, 1.807) is 18.5 Å². The molecule has 0 bridgehead atoms. The Hall–Kier alpha value is -1.16. The number of hydrogen-bond acceptors (Lipinski definition) is 3. The van der Waals surface area contributed by atoms with Crippen LogP contribution in [0.4, 0.5) is 5.95 Å². The Kier molecular flexibility index (Phi) is 2.14. The van der Waals surface area contributed by atoms with Crippen LogP contribution < -0.4 is 4.90 Å². The normalized spacial score (nSPS) is 22.4. The molecule has 2 heterocycles. The molecule has 0 aromatic carbocycles. The van der Waals surface area contributed by atoms with Crippen molar-refractivity contribution in [3.8, 4) is 0 Å². The molecule has 1 atom stereocenters. The fraction of sp³-hybridized carbons (Fsp3) is 0.375. The van der Waals surface area contributed by atoms with Crippen LogP contribution in [0.15, 0.2) is 18.5 Å². The molecule has 5 heteroatoms. The molecule has 1 saturated heterocycles. The number of amides is 1. The van der Waals surface area contributed by atoms with Crippen LogP contribution in [0.3, 0.4) is 0 Å². The lowest BCUT2D eigenvalue weighted by Gasteiger charge is -2.11. The van der Waals surface area contributed by atoms with Crippen molar-refractivity contribution in [2.75, 3.05) is 11.4 Å². The molecule has 68 valence electrons. The zero-order valence-electron chi connectivity index (χ0n) is 6.85. The Morgan fingerprint density at radius 3 is 2.69 bits per heavy atom. The molecule has 1 amide bonds. The number of anilines is 1. The minimum Gasteiger partial charge on any atom is -0.279 e. The first-order chi connectivity index (χ1) is 6.27. The van der Waals surface area contributed by atoms with Crippen molar-refractivity contribution in [1.82, 2.24) is 9.97 Å². The summed E-state index contributed by atoms with van der Waals surface area (Å²) < 4.78 is 0. The molecule has 0 spiro atoms. The lowest BCUT2D eigenvalue weighted by atomic mass is 10.4. The van der Waals surface area contributed by atoms with Crippen molar-refractivity contribution >= 4 is 23.5 Å². The Bertz CT molecular complexity index is 316. The van der Waals surface area contributed by atoms with E-state index in [1.807, 2.05) is 0 Å². The highest BCUT2D eigenvalue weighted by Crippen LogP contribution is 2.19. The maximum Gasteiger partial charge on any atom is 0.232 e. The van der Waals surface area contributed by atoms with Gasteiger partial charge in [-0.25, -0.2) is 9.97 Å². The largest absolute Gasteiger partial charge is 0.279 e. The molecule has 1 aromatic heterocycles. The first kappa shape index (κ1) is 8.44. The van der Waals surface area contributed by atoms with Crippen LogP contribution in [-0.4, -0.2) is 27.8 Å². The average molecular weight is 198 g/mol. The molecular formula is C8H8ClN3O. The molecule has 1 aliphatic rings. The van der Waals surface area contributed by atoms with Crippen molar-refractivity contribution in [3.05, 3.63) is 18.5 Å². The molecule has 1 unspecified atom stereocenters. The van der Waals surface area contributed by atoms with Crippen molar-refractivity contribution in [2.45, 2.75) is 11.8 Å². The van der Waals surface area contributed by atoms with Gasteiger partial charge in [0.2, 0.25) is 11.9 Å². The molecular weight excluding hydrogens is 190 g/mol. The highest BCUT2D eigenvalue weighted by molar-refractivity contribution is 6.24. The van der Waals surface area contributed by atoms with Crippen LogP contribution in [-0.2, 0) is 4.79 Å². The highest BCUT2D eigenvalue weighted by atomic mass is 35.5. The predicted molar refractivity (Wildman–Crippen MR) is 48.6 cm³/mol. The van der Waals surface area contributed by atoms with E-state index in [9.17, 15) is 4.79 Å². The third-order valence-electron chi connectivity index (χ3n) is 1.87. The van der Waals surface area contributed by atoms with Crippen molar-refractivity contribution in [3.63, 3.8) is 0 Å². The van der Waals surface area contributed by atoms with Gasteiger partial charge in [0.25, 0.3) is 0 Å². The van der Waals surface area contributed by atoms with Gasteiger partial charge in [-0.1, -0.05) is 0 Å². The molecule has 1 fully saturated rings. The first-order valence-corrected chi connectivity index (χ1v) is 4.42. The maximum atomic E-state index is 11.3. The van der Waals surface area contributed by atoms with Gasteiger partial charge in [0.05, 0.1) is 5.38 Å². The van der Waals surface area contributed by atoms with Crippen molar-refractivity contribution < 1.29 is 4.79 Å². The number of nitrogens with zero attached hydrogens (tertiary/aromatic N) is 3. The maximum absolute atomic E-state index is 11.3. The molecule has 1 aromatic rings. The van der Waals surface area contributed by atoms with Crippen LogP contribution in [0, 0.1) is 0 Å². The Balaban J connectivity index is 2.23. The summed E-state index contributed by atoms with van der Waals surface area (Å²) >= 11 is 5.83. The van der Waals surface area contributed by atoms with Gasteiger partial charge in [0, 0.05) is 25.4 Å². The summed E-state index contributed by atoms with van der Waals surface area (Å²) in [5.41, 5.74) is 0. The van der Waals surface area contributed by atoms with E-state index in [4.69, 9.17) is 11.6 Å². The van der Waals surface area contributed by atoms with Gasteiger partial charge in [0.1, 0.15) is 0 Å². The van der Waals surface area contributed by atoms with Gasteiger partial charge in [-0.2, -0.15) is 0 Å². The fourth-order valence-electron chi connectivity index (χ4n) is 1.29. The second kappa shape index (κ2) is 3.30. The van der Waals surface area contributed by atoms with Crippen LogP contribution in [0.1, 0.15) is 6.42 Å². The first-order valence-electron chi connectivity index (χ1n) is 3.99. The van der Waals surface area contributed by atoms with Gasteiger partial charge in [-0.05, 0) is 6.07 Å². The molecule has 2 rings (SSSR count). The predicted octanol–water partition coefficient (Wildman–Crippen LogP) is 0.821. The van der Waals surface area contributed by atoms with E-state index in [2.05, 4.69) is 9.97 Å². The summed E-state index contributed by atoms with van der Waals surface area (Å²) in [6.45, 7) is 0.504. The summed E-state index contributed by atoms with van der Waals surface area (Å²) in [5, 5.41) is -0.115. The van der Waals surface area contributed by atoms with Gasteiger partial charge >= 0.3 is 0 Å². The summed E-state index contributed by atoms with van der Waals surface area (Å²) in [4.78, 5) is 20.8. The van der Waals surface area contributed by atoms with Crippen LogP contribution >= 0.6 is 11.6 Å². The van der Waals surface area contributed by atoms with Crippen LogP contribution in [0.2, 0.25) is 0 Å². The topological polar surface area (TPSA) is 46.1 Å². The summed E-state index contributed by atoms with van der Waals surface area (Å²) in [5.74, 6) is 0.432. The quantitative estimate of drug-likeness (QED) is 0.627. The molecule has 4 nitrogen and oxygen atoms in total. The lowest BCUT2D eigenvalue weighted by molar-refractivity contribution is -0.117. The van der Waals surface area contributed by atoms with Crippen molar-refractivity contribution in [2.24, 2.45) is 0 Å². The molecule has 13 heavy (non-hydrogen) atoms. The van der Waals surface area contributed by atoms with Gasteiger partial charge in [-0.3, -0.25) is 9.69 Å². The molecule has 0 N–H and O–H groups in total. The van der Waals surface area contributed by atoms with E-state index in [1.165, 1.54) is 4.90 Å². The van der Waals surface area contributed by atoms with E-state index in [0.717, 1.165) is 0 Å². The van der Waals surface area contributed by atoms with Crippen molar-refractivity contribution in [1.29, 1.82) is 0 Å². The van der Waals surface area contributed by atoms with Gasteiger partial charge in [-0.15, -0.1) is 11.6 Å². The minimum atomic E-state index is -0.115. The number of aromatic nitrogens is 2. The standard InChI is InChI=1S/C8H8ClN3O/c9-6-4-7(13)12(5-6)8-10-2-1-3-11-8/h1-3,6H,4-5H2. The van der Waals surface area contributed by atoms with Crippen LogP contribution in [0.5, 0.6) is 0 Å². The van der Waals surface area contributed by atoms with E-state index in [-0.39, 0.29) is 11.3 Å². The summed E-state index contributed by atoms with van der Waals surface area (Å²) in [6.07, 6.45) is 3.59. The van der Waals surface area contributed by atoms with E-state index >= 15 is 0 Å². The lowest BCUT2D eigenvalue weighted by Crippen LogP contribution is -2.26. The summed E-state index contributed by atoms with van der Waals surface area (Å²) in [7, 11) is 0. The Labute approximate surface area is 80.5 Å². The number of hydrogen-bond donors (Lipinski definition) is 0. The number of alkyl halides is 1. The van der Waals surface area contributed by atoms with E-state index in [0.29, 0.717) is 18.9 Å². The molecule has 1 aliphatic heterocycles. The zero-order valence-corrected chi connectivity index (χ0v) is 7.61. The molecule has 0 aliphatic carbocycles. The number of carbonyl (C=O) groups excluding carboxylic acids is 1. The third kappa shape index (κ3) is 1.62. The Morgan fingerprint density at radius 1 is 1.46 bits per heavy atom. The molecule has 0 saturated carbocycles. The van der Waals surface area contributed by atoms with Crippen LogP contribution in [0.25, 0.3) is 0 Å². The second-order valence-electron chi connectivity index (χ2n) is 2.85. The van der Waals surface area contributed by atoms with Gasteiger partial charge < -0.3 is 0 Å². The number of carbonyl (C=O) groups is 1. The fourth-order valence-corrected chi connectivity index (χ4v) is 1.56. The second-order valence-corrected chi connectivity index (χ2v) is 3.47. The summed E-state index contributed by atoms with van der Waals surface area (Å²) in [6, 6.07) is 1.71. The SMILES string of the molecule is O=C1CC(Cl)CN1c1ncccn1. The number of rotatable bonds is 1. The molecule has 0 radical (unpaired) electrons. The number of halogens is 1. The van der Waals surface area contributed by atoms with Gasteiger partial charge in [0.15, 0.2) is 0 Å². The smallest absolute Gasteiger partial charge is 0.232 e. The van der Waals surface area contributed by atoms with E-state index < -0.39 is 0 Å². The minimum absolute atomic E-state index is 0.00815. The zero-order chi connectivity index (χ0) is 9.26. The monoisotopic (exact) mass is 197 g/mol. The third-order valence-corrected chi connectivity index (χ3v) is 2.16. The highest BCUT2D eigenvalue weighted by Gasteiger charge is 2.30.